The number of benzene rings is 1. The van der Waals surface area contributed by atoms with Crippen molar-refractivity contribution in [1.29, 1.82) is 0 Å². The van der Waals surface area contributed by atoms with Crippen molar-refractivity contribution in [1.82, 2.24) is 10.6 Å². The Balaban J connectivity index is 1.67. The SMILES string of the molecule is CCCCCNC(=O)C1CCC(C(=O)NCc2ccc(OC)cc2)CC1. The number of hydrogen-bond acceptors (Lipinski definition) is 3. The zero-order valence-electron chi connectivity index (χ0n) is 16.1. The van der Waals surface area contributed by atoms with E-state index in [2.05, 4.69) is 17.6 Å². The number of carbonyl (C=O) groups excluding carboxylic acids is 2. The summed E-state index contributed by atoms with van der Waals surface area (Å²) in [4.78, 5) is 24.6. The van der Waals surface area contributed by atoms with Crippen LogP contribution >= 0.6 is 0 Å². The molecule has 5 heteroatoms. The van der Waals surface area contributed by atoms with E-state index in [4.69, 9.17) is 4.74 Å². The Hall–Kier alpha value is -2.04. The maximum Gasteiger partial charge on any atom is 0.223 e. The first-order valence-corrected chi connectivity index (χ1v) is 9.82. The third kappa shape index (κ3) is 6.36. The van der Waals surface area contributed by atoms with Crippen molar-refractivity contribution < 1.29 is 14.3 Å². The van der Waals surface area contributed by atoms with Crippen molar-refractivity contribution in [2.24, 2.45) is 11.8 Å². The maximum absolute atomic E-state index is 12.4. The number of carbonyl (C=O) groups is 2. The highest BCUT2D eigenvalue weighted by atomic mass is 16.5. The predicted molar refractivity (Wildman–Crippen MR) is 103 cm³/mol. The minimum Gasteiger partial charge on any atom is -0.497 e. The second kappa shape index (κ2) is 10.8. The third-order valence-electron chi connectivity index (χ3n) is 5.17. The highest BCUT2D eigenvalue weighted by molar-refractivity contribution is 5.81. The highest BCUT2D eigenvalue weighted by Gasteiger charge is 2.29. The Bertz CT molecular complexity index is 563. The molecule has 0 radical (unpaired) electrons. The summed E-state index contributed by atoms with van der Waals surface area (Å²) in [6.45, 7) is 3.46. The van der Waals surface area contributed by atoms with Gasteiger partial charge in [0.2, 0.25) is 11.8 Å². The topological polar surface area (TPSA) is 67.4 Å². The fourth-order valence-corrected chi connectivity index (χ4v) is 3.43. The quantitative estimate of drug-likeness (QED) is 0.663. The molecule has 0 spiro atoms. The van der Waals surface area contributed by atoms with Crippen molar-refractivity contribution >= 4 is 11.8 Å². The molecule has 26 heavy (non-hydrogen) atoms. The molecule has 2 N–H and O–H groups in total. The lowest BCUT2D eigenvalue weighted by molar-refractivity contribution is -0.130. The average molecular weight is 360 g/mol. The van der Waals surface area contributed by atoms with Gasteiger partial charge in [-0.25, -0.2) is 0 Å². The van der Waals surface area contributed by atoms with Crippen LogP contribution in [-0.4, -0.2) is 25.5 Å². The van der Waals surface area contributed by atoms with Crippen molar-refractivity contribution in [3.05, 3.63) is 29.8 Å². The molecule has 1 saturated carbocycles. The van der Waals surface area contributed by atoms with E-state index in [0.29, 0.717) is 6.54 Å². The fraction of sp³-hybridized carbons (Fsp3) is 0.619. The van der Waals surface area contributed by atoms with Gasteiger partial charge in [-0.1, -0.05) is 31.9 Å². The molecule has 2 rings (SSSR count). The van der Waals surface area contributed by atoms with Crippen LogP contribution in [-0.2, 0) is 16.1 Å². The number of methoxy groups -OCH3 is 1. The van der Waals surface area contributed by atoms with Crippen LogP contribution in [0.5, 0.6) is 5.75 Å². The molecule has 0 unspecified atom stereocenters. The number of amides is 2. The molecule has 144 valence electrons. The molecular formula is C21H32N2O3. The van der Waals surface area contributed by atoms with E-state index < -0.39 is 0 Å². The largest absolute Gasteiger partial charge is 0.497 e. The molecule has 0 saturated heterocycles. The second-order valence-corrected chi connectivity index (χ2v) is 7.11. The van der Waals surface area contributed by atoms with Gasteiger partial charge in [0.1, 0.15) is 5.75 Å². The second-order valence-electron chi connectivity index (χ2n) is 7.11. The van der Waals surface area contributed by atoms with E-state index in [9.17, 15) is 9.59 Å². The molecule has 1 aliphatic rings. The van der Waals surface area contributed by atoms with Crippen LogP contribution in [0.25, 0.3) is 0 Å². The first-order valence-electron chi connectivity index (χ1n) is 9.82. The van der Waals surface area contributed by atoms with Crippen LogP contribution < -0.4 is 15.4 Å². The normalized spacial score (nSPS) is 19.6. The molecule has 1 aliphatic carbocycles. The van der Waals surface area contributed by atoms with Crippen molar-refractivity contribution in [2.45, 2.75) is 58.4 Å². The Morgan fingerprint density at radius 3 is 2.08 bits per heavy atom. The van der Waals surface area contributed by atoms with Gasteiger partial charge in [0.15, 0.2) is 0 Å². The molecule has 1 fully saturated rings. The smallest absolute Gasteiger partial charge is 0.223 e. The fourth-order valence-electron chi connectivity index (χ4n) is 3.43. The monoisotopic (exact) mass is 360 g/mol. The van der Waals surface area contributed by atoms with Crippen LogP contribution in [0.1, 0.15) is 57.4 Å². The Morgan fingerprint density at radius 1 is 0.962 bits per heavy atom. The predicted octanol–water partition coefficient (Wildman–Crippen LogP) is 3.42. The minimum absolute atomic E-state index is 0.0254. The summed E-state index contributed by atoms with van der Waals surface area (Å²) in [5.74, 6) is 1.17. The van der Waals surface area contributed by atoms with Gasteiger partial charge >= 0.3 is 0 Å². The number of hydrogen-bond donors (Lipinski definition) is 2. The zero-order chi connectivity index (χ0) is 18.8. The highest BCUT2D eigenvalue weighted by Crippen LogP contribution is 2.29. The molecule has 0 aromatic heterocycles. The summed E-state index contributed by atoms with van der Waals surface area (Å²) >= 11 is 0. The molecule has 5 nitrogen and oxygen atoms in total. The van der Waals surface area contributed by atoms with Crippen molar-refractivity contribution in [3.8, 4) is 5.75 Å². The summed E-state index contributed by atoms with van der Waals surface area (Å²) in [5.41, 5.74) is 1.05. The summed E-state index contributed by atoms with van der Waals surface area (Å²) in [6, 6.07) is 7.70. The van der Waals surface area contributed by atoms with E-state index in [1.807, 2.05) is 24.3 Å². The van der Waals surface area contributed by atoms with Crippen molar-refractivity contribution in [3.63, 3.8) is 0 Å². The van der Waals surface area contributed by atoms with Crippen LogP contribution in [0.4, 0.5) is 0 Å². The first-order chi connectivity index (χ1) is 12.6. The van der Waals surface area contributed by atoms with Gasteiger partial charge in [0.25, 0.3) is 0 Å². The number of rotatable bonds is 9. The molecule has 1 aromatic carbocycles. The summed E-state index contributed by atoms with van der Waals surface area (Å²) < 4.78 is 5.14. The lowest BCUT2D eigenvalue weighted by Crippen LogP contribution is -2.37. The zero-order valence-corrected chi connectivity index (χ0v) is 16.1. The van der Waals surface area contributed by atoms with Crippen LogP contribution in [0, 0.1) is 11.8 Å². The van der Waals surface area contributed by atoms with Gasteiger partial charge in [-0.2, -0.15) is 0 Å². The summed E-state index contributed by atoms with van der Waals surface area (Å²) in [5, 5.41) is 6.06. The van der Waals surface area contributed by atoms with Gasteiger partial charge < -0.3 is 15.4 Å². The number of nitrogens with one attached hydrogen (secondary N) is 2. The lowest BCUT2D eigenvalue weighted by atomic mass is 9.81. The van der Waals surface area contributed by atoms with Gasteiger partial charge in [0.05, 0.1) is 7.11 Å². The van der Waals surface area contributed by atoms with Gasteiger partial charge in [-0.15, -0.1) is 0 Å². The summed E-state index contributed by atoms with van der Waals surface area (Å²) in [6.07, 6.45) is 6.56. The van der Waals surface area contributed by atoms with Crippen LogP contribution in [0.15, 0.2) is 24.3 Å². The van der Waals surface area contributed by atoms with E-state index in [0.717, 1.165) is 62.8 Å². The van der Waals surface area contributed by atoms with E-state index in [1.54, 1.807) is 7.11 Å². The third-order valence-corrected chi connectivity index (χ3v) is 5.17. The molecule has 0 atom stereocenters. The van der Waals surface area contributed by atoms with Crippen LogP contribution in [0.3, 0.4) is 0 Å². The first kappa shape index (κ1) is 20.3. The van der Waals surface area contributed by atoms with E-state index in [-0.39, 0.29) is 23.7 Å². The summed E-state index contributed by atoms with van der Waals surface area (Å²) in [7, 11) is 1.64. The average Bonchev–Trinajstić information content (AvgIpc) is 2.69. The van der Waals surface area contributed by atoms with Crippen molar-refractivity contribution in [2.75, 3.05) is 13.7 Å². The minimum atomic E-state index is 0.0254. The maximum atomic E-state index is 12.4. The Labute approximate surface area is 156 Å². The molecule has 0 aliphatic heterocycles. The Kier molecular flexibility index (Phi) is 8.45. The molecular weight excluding hydrogens is 328 g/mol. The standard InChI is InChI=1S/C21H32N2O3/c1-3-4-5-14-22-20(24)17-8-10-18(11-9-17)21(25)23-15-16-6-12-19(26-2)13-7-16/h6-7,12-13,17-18H,3-5,8-11,14-15H2,1-2H3,(H,22,24)(H,23,25). The van der Waals surface area contributed by atoms with Crippen LogP contribution in [0.2, 0.25) is 0 Å². The number of ether oxygens (including phenoxy) is 1. The van der Waals surface area contributed by atoms with Gasteiger partial charge in [-0.05, 0) is 49.8 Å². The Morgan fingerprint density at radius 2 is 1.54 bits per heavy atom. The number of unbranched alkanes of at least 4 members (excludes halogenated alkanes) is 2. The van der Waals surface area contributed by atoms with E-state index in [1.165, 1.54) is 0 Å². The lowest BCUT2D eigenvalue weighted by Gasteiger charge is -2.27. The van der Waals surface area contributed by atoms with E-state index >= 15 is 0 Å². The molecule has 2 amide bonds. The van der Waals surface area contributed by atoms with Gasteiger partial charge in [0, 0.05) is 24.9 Å². The molecule has 0 bridgehead atoms. The molecule has 0 heterocycles. The molecule has 1 aromatic rings. The van der Waals surface area contributed by atoms with Gasteiger partial charge in [-0.3, -0.25) is 9.59 Å².